The Morgan fingerprint density at radius 1 is 1.57 bits per heavy atom. The molecule has 1 heterocycles. The van der Waals surface area contributed by atoms with Crippen molar-refractivity contribution in [1.29, 1.82) is 0 Å². The van der Waals surface area contributed by atoms with E-state index in [1.165, 1.54) is 0 Å². The summed E-state index contributed by atoms with van der Waals surface area (Å²) in [6.45, 7) is 4.29. The fraction of sp³-hybridized carbons (Fsp3) is 0.500. The fourth-order valence-electron chi connectivity index (χ4n) is 1.82. The standard InChI is InChI=1S/C12H15NO/c1-12(2)8-10(12)11(14)7-9-5-3-4-6-13-9/h3-6,10H,7-8H2,1-2H3. The van der Waals surface area contributed by atoms with E-state index in [0.717, 1.165) is 12.1 Å². The first-order valence-corrected chi connectivity index (χ1v) is 5.02. The van der Waals surface area contributed by atoms with Crippen molar-refractivity contribution in [2.45, 2.75) is 26.7 Å². The van der Waals surface area contributed by atoms with Crippen LogP contribution in [0.3, 0.4) is 0 Å². The zero-order valence-corrected chi connectivity index (χ0v) is 8.66. The maximum atomic E-state index is 11.8. The highest BCUT2D eigenvalue weighted by atomic mass is 16.1. The van der Waals surface area contributed by atoms with Gasteiger partial charge in [0.15, 0.2) is 0 Å². The van der Waals surface area contributed by atoms with Crippen LogP contribution in [0.25, 0.3) is 0 Å². The quantitative estimate of drug-likeness (QED) is 0.730. The van der Waals surface area contributed by atoms with Crippen molar-refractivity contribution in [2.24, 2.45) is 11.3 Å². The van der Waals surface area contributed by atoms with Gasteiger partial charge in [0.25, 0.3) is 0 Å². The molecule has 1 saturated carbocycles. The molecule has 1 unspecified atom stereocenters. The molecule has 0 aromatic carbocycles. The van der Waals surface area contributed by atoms with E-state index >= 15 is 0 Å². The van der Waals surface area contributed by atoms with Crippen molar-refractivity contribution in [1.82, 2.24) is 4.98 Å². The Bertz CT molecular complexity index is 343. The predicted molar refractivity (Wildman–Crippen MR) is 54.8 cm³/mol. The first-order chi connectivity index (χ1) is 6.59. The molecule has 2 heteroatoms. The Kier molecular flexibility index (Phi) is 2.14. The lowest BCUT2D eigenvalue weighted by atomic mass is 10.0. The average Bonchev–Trinajstić information content (AvgIpc) is 2.77. The van der Waals surface area contributed by atoms with Crippen molar-refractivity contribution < 1.29 is 4.79 Å². The number of carbonyl (C=O) groups excluding carboxylic acids is 1. The van der Waals surface area contributed by atoms with Crippen molar-refractivity contribution in [3.05, 3.63) is 30.1 Å². The molecule has 2 rings (SSSR count). The SMILES string of the molecule is CC1(C)CC1C(=O)Cc1ccccn1. The predicted octanol–water partition coefficient (Wildman–Crippen LogP) is 2.24. The number of pyridine rings is 1. The summed E-state index contributed by atoms with van der Waals surface area (Å²) < 4.78 is 0. The summed E-state index contributed by atoms with van der Waals surface area (Å²) in [6.07, 6.45) is 3.27. The van der Waals surface area contributed by atoms with Crippen LogP contribution in [0, 0.1) is 11.3 Å². The van der Waals surface area contributed by atoms with Gasteiger partial charge in [-0.2, -0.15) is 0 Å². The van der Waals surface area contributed by atoms with Gasteiger partial charge in [-0.3, -0.25) is 9.78 Å². The van der Waals surface area contributed by atoms with E-state index < -0.39 is 0 Å². The molecule has 74 valence electrons. The van der Waals surface area contributed by atoms with E-state index in [9.17, 15) is 4.79 Å². The molecule has 0 N–H and O–H groups in total. The van der Waals surface area contributed by atoms with Gasteiger partial charge in [-0.15, -0.1) is 0 Å². The molecule has 0 amide bonds. The first kappa shape index (κ1) is 9.38. The highest BCUT2D eigenvalue weighted by Crippen LogP contribution is 2.52. The summed E-state index contributed by atoms with van der Waals surface area (Å²) in [5.41, 5.74) is 1.13. The number of ketones is 1. The molecule has 14 heavy (non-hydrogen) atoms. The second kappa shape index (κ2) is 3.19. The summed E-state index contributed by atoms with van der Waals surface area (Å²) in [7, 11) is 0. The van der Waals surface area contributed by atoms with Gasteiger partial charge in [-0.05, 0) is 24.0 Å². The number of hydrogen-bond donors (Lipinski definition) is 0. The molecule has 1 aliphatic carbocycles. The second-order valence-corrected chi connectivity index (χ2v) is 4.71. The summed E-state index contributed by atoms with van der Waals surface area (Å²) in [4.78, 5) is 15.9. The van der Waals surface area contributed by atoms with Crippen LogP contribution in [0.2, 0.25) is 0 Å². The lowest BCUT2D eigenvalue weighted by Gasteiger charge is -2.02. The van der Waals surface area contributed by atoms with Gasteiger partial charge >= 0.3 is 0 Å². The Labute approximate surface area is 84.4 Å². The summed E-state index contributed by atoms with van der Waals surface area (Å²) >= 11 is 0. The molecule has 1 aliphatic rings. The smallest absolute Gasteiger partial charge is 0.142 e. The van der Waals surface area contributed by atoms with Crippen LogP contribution < -0.4 is 0 Å². The molecular formula is C12H15NO. The third-order valence-electron chi connectivity index (χ3n) is 2.98. The fourth-order valence-corrected chi connectivity index (χ4v) is 1.82. The Hall–Kier alpha value is -1.18. The number of hydrogen-bond acceptors (Lipinski definition) is 2. The highest BCUT2D eigenvalue weighted by molar-refractivity contribution is 5.86. The van der Waals surface area contributed by atoms with Crippen LogP contribution in [0.5, 0.6) is 0 Å². The molecule has 0 bridgehead atoms. The first-order valence-electron chi connectivity index (χ1n) is 5.02. The lowest BCUT2D eigenvalue weighted by Crippen LogP contribution is -2.09. The van der Waals surface area contributed by atoms with Crippen LogP contribution in [-0.4, -0.2) is 10.8 Å². The molecule has 0 aliphatic heterocycles. The third-order valence-corrected chi connectivity index (χ3v) is 2.98. The Morgan fingerprint density at radius 2 is 2.29 bits per heavy atom. The van der Waals surface area contributed by atoms with E-state index in [1.807, 2.05) is 18.2 Å². The van der Waals surface area contributed by atoms with Crippen LogP contribution in [0.15, 0.2) is 24.4 Å². The van der Waals surface area contributed by atoms with E-state index in [-0.39, 0.29) is 11.3 Å². The minimum Gasteiger partial charge on any atom is -0.299 e. The average molecular weight is 189 g/mol. The minimum absolute atomic E-state index is 0.242. The van der Waals surface area contributed by atoms with E-state index in [2.05, 4.69) is 18.8 Å². The van der Waals surface area contributed by atoms with Crippen LogP contribution >= 0.6 is 0 Å². The topological polar surface area (TPSA) is 30.0 Å². The summed E-state index contributed by atoms with van der Waals surface area (Å²) in [6, 6.07) is 5.70. The monoisotopic (exact) mass is 189 g/mol. The molecule has 1 atom stereocenters. The van der Waals surface area contributed by atoms with Crippen molar-refractivity contribution in [3.63, 3.8) is 0 Å². The number of rotatable bonds is 3. The van der Waals surface area contributed by atoms with Crippen LogP contribution in [0.1, 0.15) is 26.0 Å². The maximum absolute atomic E-state index is 11.8. The molecule has 0 spiro atoms. The summed E-state index contributed by atoms with van der Waals surface area (Å²) in [5.74, 6) is 0.609. The van der Waals surface area contributed by atoms with Gasteiger partial charge in [0.2, 0.25) is 0 Å². The maximum Gasteiger partial charge on any atom is 0.142 e. The molecule has 0 radical (unpaired) electrons. The highest BCUT2D eigenvalue weighted by Gasteiger charge is 2.49. The number of nitrogens with zero attached hydrogens (tertiary/aromatic N) is 1. The van der Waals surface area contributed by atoms with Gasteiger partial charge in [-0.1, -0.05) is 19.9 Å². The zero-order valence-electron chi connectivity index (χ0n) is 8.66. The largest absolute Gasteiger partial charge is 0.299 e. The zero-order chi connectivity index (χ0) is 10.2. The van der Waals surface area contributed by atoms with E-state index in [1.54, 1.807) is 6.20 Å². The summed E-state index contributed by atoms with van der Waals surface area (Å²) in [5, 5.41) is 0. The number of Topliss-reactive ketones (excluding diaryl/α,β-unsaturated/α-hetero) is 1. The molecule has 1 fully saturated rings. The van der Waals surface area contributed by atoms with Crippen molar-refractivity contribution in [2.75, 3.05) is 0 Å². The third kappa shape index (κ3) is 1.84. The van der Waals surface area contributed by atoms with Crippen molar-refractivity contribution >= 4 is 5.78 Å². The molecule has 0 saturated heterocycles. The molecular weight excluding hydrogens is 174 g/mol. The normalized spacial score (nSPS) is 23.1. The van der Waals surface area contributed by atoms with Gasteiger partial charge in [0.1, 0.15) is 5.78 Å². The Balaban J connectivity index is 1.97. The molecule has 1 aromatic heterocycles. The number of aromatic nitrogens is 1. The Morgan fingerprint density at radius 3 is 2.79 bits per heavy atom. The van der Waals surface area contributed by atoms with Gasteiger partial charge < -0.3 is 0 Å². The van der Waals surface area contributed by atoms with E-state index in [4.69, 9.17) is 0 Å². The molecule has 1 aromatic rings. The van der Waals surface area contributed by atoms with Gasteiger partial charge in [0, 0.05) is 24.2 Å². The van der Waals surface area contributed by atoms with Crippen molar-refractivity contribution in [3.8, 4) is 0 Å². The van der Waals surface area contributed by atoms with Gasteiger partial charge in [0.05, 0.1) is 0 Å². The lowest BCUT2D eigenvalue weighted by molar-refractivity contribution is -0.120. The number of carbonyl (C=O) groups is 1. The second-order valence-electron chi connectivity index (χ2n) is 4.71. The minimum atomic E-state index is 0.242. The van der Waals surface area contributed by atoms with Gasteiger partial charge in [-0.25, -0.2) is 0 Å². The van der Waals surface area contributed by atoms with E-state index in [0.29, 0.717) is 12.2 Å². The molecule has 2 nitrogen and oxygen atoms in total. The van der Waals surface area contributed by atoms with Crippen LogP contribution in [0.4, 0.5) is 0 Å². The van der Waals surface area contributed by atoms with Crippen LogP contribution in [-0.2, 0) is 11.2 Å².